The zero-order valence-electron chi connectivity index (χ0n) is 16.0. The summed E-state index contributed by atoms with van der Waals surface area (Å²) in [6.45, 7) is 5.91. The number of sulfonamides is 1. The van der Waals surface area contributed by atoms with Crippen LogP contribution in [0.15, 0.2) is 45.7 Å². The van der Waals surface area contributed by atoms with E-state index in [-0.39, 0.29) is 0 Å². The quantitative estimate of drug-likeness (QED) is 0.489. The first kappa shape index (κ1) is 21.3. The number of aromatic nitrogens is 1. The summed E-state index contributed by atoms with van der Waals surface area (Å²) in [7, 11) is -1.66. The predicted octanol–water partition coefficient (Wildman–Crippen LogP) is 2.08. The smallest absolute Gasteiger partial charge is 0.252 e. The molecule has 0 bridgehead atoms. The minimum Gasteiger partial charge on any atom is -0.356 e. The third kappa shape index (κ3) is 6.02. The molecule has 9 heteroatoms. The molecule has 0 radical (unpaired) electrons. The van der Waals surface area contributed by atoms with E-state index in [1.807, 2.05) is 38.1 Å². The van der Waals surface area contributed by atoms with Gasteiger partial charge in [-0.1, -0.05) is 19.9 Å². The first-order valence-electron chi connectivity index (χ1n) is 8.94. The van der Waals surface area contributed by atoms with Crippen molar-refractivity contribution in [1.29, 1.82) is 0 Å². The average Bonchev–Trinajstić information content (AvgIpc) is 3.16. The molecular weight excluding hydrogens is 382 g/mol. The molecule has 0 saturated heterocycles. The molecule has 2 aromatic heterocycles. The number of nitrogens with zero attached hydrogens (tertiary/aromatic N) is 3. The lowest BCUT2D eigenvalue weighted by atomic mass is 10.3. The van der Waals surface area contributed by atoms with Crippen LogP contribution >= 0.6 is 11.3 Å². The van der Waals surface area contributed by atoms with Crippen molar-refractivity contribution in [3.8, 4) is 0 Å². The first-order valence-corrected chi connectivity index (χ1v) is 11.2. The Kier molecular flexibility index (Phi) is 8.21. The summed E-state index contributed by atoms with van der Waals surface area (Å²) in [5.41, 5.74) is 0.935. The number of nitrogens with one attached hydrogen (secondary N) is 2. The van der Waals surface area contributed by atoms with E-state index >= 15 is 0 Å². The van der Waals surface area contributed by atoms with Gasteiger partial charge in [0.15, 0.2) is 5.96 Å². The number of thiophene rings is 1. The number of guanidine groups is 1. The largest absolute Gasteiger partial charge is 0.356 e. The van der Waals surface area contributed by atoms with Gasteiger partial charge in [-0.25, -0.2) is 8.42 Å². The molecule has 2 N–H and O–H groups in total. The van der Waals surface area contributed by atoms with Crippen LogP contribution in [0.2, 0.25) is 0 Å². The van der Waals surface area contributed by atoms with E-state index in [0.29, 0.717) is 36.3 Å². The van der Waals surface area contributed by atoms with Crippen LogP contribution in [-0.4, -0.2) is 50.3 Å². The minimum absolute atomic E-state index is 0.402. The van der Waals surface area contributed by atoms with Gasteiger partial charge in [0.05, 0.1) is 12.2 Å². The maximum Gasteiger partial charge on any atom is 0.252 e. The Morgan fingerprint density at radius 2 is 1.96 bits per heavy atom. The molecule has 0 fully saturated rings. The molecule has 0 saturated carbocycles. The zero-order valence-corrected chi connectivity index (χ0v) is 17.6. The fraction of sp³-hybridized carbons (Fsp3) is 0.444. The number of hydrogen-bond acceptors (Lipinski definition) is 5. The lowest BCUT2D eigenvalue weighted by Gasteiger charge is -2.16. The fourth-order valence-corrected chi connectivity index (χ4v) is 5.49. The first-order chi connectivity index (χ1) is 13.0. The topological polar surface area (TPSA) is 86.7 Å². The van der Waals surface area contributed by atoms with Crippen molar-refractivity contribution < 1.29 is 8.42 Å². The predicted molar refractivity (Wildman–Crippen MR) is 111 cm³/mol. The van der Waals surface area contributed by atoms with Gasteiger partial charge >= 0.3 is 0 Å². The standard InChI is InChI=1S/C18H27N5O2S2/c1-4-23(5-2)27(24,25)17-10-9-16(26-17)11-13-21-18(19-3)22-14-15-8-6-7-12-20-15/h6-10,12H,4-5,11,13-14H2,1-3H3,(H2,19,21,22). The van der Waals surface area contributed by atoms with Crippen LogP contribution in [0.25, 0.3) is 0 Å². The normalized spacial score (nSPS) is 12.4. The van der Waals surface area contributed by atoms with Crippen LogP contribution in [0.4, 0.5) is 0 Å². The molecule has 0 aliphatic carbocycles. The minimum atomic E-state index is -3.38. The van der Waals surface area contributed by atoms with Crippen LogP contribution in [0.5, 0.6) is 0 Å². The Hall–Kier alpha value is -1.97. The number of hydrogen-bond donors (Lipinski definition) is 2. The highest BCUT2D eigenvalue weighted by atomic mass is 32.2. The van der Waals surface area contributed by atoms with Crippen molar-refractivity contribution in [2.24, 2.45) is 4.99 Å². The maximum atomic E-state index is 12.5. The molecule has 7 nitrogen and oxygen atoms in total. The molecule has 2 aromatic rings. The fourth-order valence-electron chi connectivity index (χ4n) is 2.52. The Morgan fingerprint density at radius 1 is 1.19 bits per heavy atom. The summed E-state index contributed by atoms with van der Waals surface area (Å²) >= 11 is 1.33. The number of rotatable bonds is 9. The Morgan fingerprint density at radius 3 is 2.59 bits per heavy atom. The van der Waals surface area contributed by atoms with Crippen molar-refractivity contribution in [3.05, 3.63) is 47.1 Å². The van der Waals surface area contributed by atoms with Crippen molar-refractivity contribution in [2.75, 3.05) is 26.7 Å². The molecule has 2 rings (SSSR count). The highest BCUT2D eigenvalue weighted by Gasteiger charge is 2.23. The van der Waals surface area contributed by atoms with E-state index < -0.39 is 10.0 Å². The van der Waals surface area contributed by atoms with Gasteiger partial charge in [-0.05, 0) is 30.7 Å². The summed E-state index contributed by atoms with van der Waals surface area (Å²) < 4.78 is 27.0. The van der Waals surface area contributed by atoms with Gasteiger partial charge in [-0.15, -0.1) is 11.3 Å². The molecule has 0 aliphatic rings. The third-order valence-electron chi connectivity index (χ3n) is 3.99. The van der Waals surface area contributed by atoms with Gasteiger partial charge in [0.1, 0.15) is 4.21 Å². The molecule has 0 aliphatic heterocycles. The van der Waals surface area contributed by atoms with Crippen molar-refractivity contribution in [2.45, 2.75) is 31.0 Å². The van der Waals surface area contributed by atoms with Gasteiger partial charge in [-0.3, -0.25) is 9.98 Å². The second-order valence-corrected chi connectivity index (χ2v) is 9.07. The van der Waals surface area contributed by atoms with Crippen molar-refractivity contribution in [3.63, 3.8) is 0 Å². The highest BCUT2D eigenvalue weighted by Crippen LogP contribution is 2.25. The second-order valence-electron chi connectivity index (χ2n) is 5.73. The molecule has 27 heavy (non-hydrogen) atoms. The van der Waals surface area contributed by atoms with E-state index in [2.05, 4.69) is 20.6 Å². The lowest BCUT2D eigenvalue weighted by molar-refractivity contribution is 0.447. The third-order valence-corrected chi connectivity index (χ3v) is 7.65. The maximum absolute atomic E-state index is 12.5. The van der Waals surface area contributed by atoms with E-state index in [9.17, 15) is 8.42 Å². The van der Waals surface area contributed by atoms with Gasteiger partial charge < -0.3 is 10.6 Å². The Bertz CT molecular complexity index is 830. The molecule has 2 heterocycles. The molecule has 0 spiro atoms. The average molecular weight is 410 g/mol. The van der Waals surface area contributed by atoms with Gasteiger partial charge in [0.2, 0.25) is 0 Å². The molecule has 0 aromatic carbocycles. The molecular formula is C18H27N5O2S2. The summed E-state index contributed by atoms with van der Waals surface area (Å²) in [4.78, 5) is 9.48. The van der Waals surface area contributed by atoms with E-state index in [4.69, 9.17) is 0 Å². The van der Waals surface area contributed by atoms with Crippen LogP contribution in [-0.2, 0) is 23.0 Å². The summed E-state index contributed by atoms with van der Waals surface area (Å²) in [6, 6.07) is 9.35. The monoisotopic (exact) mass is 409 g/mol. The summed E-state index contributed by atoms with van der Waals surface area (Å²) in [5, 5.41) is 6.45. The second kappa shape index (κ2) is 10.4. The lowest BCUT2D eigenvalue weighted by Crippen LogP contribution is -2.37. The van der Waals surface area contributed by atoms with E-state index in [1.165, 1.54) is 15.6 Å². The Labute approximate surface area is 165 Å². The Balaban J connectivity index is 1.85. The zero-order chi connectivity index (χ0) is 19.7. The number of pyridine rings is 1. The van der Waals surface area contributed by atoms with Crippen molar-refractivity contribution in [1.82, 2.24) is 19.9 Å². The van der Waals surface area contributed by atoms with E-state index in [1.54, 1.807) is 19.3 Å². The van der Waals surface area contributed by atoms with Crippen molar-refractivity contribution >= 4 is 27.3 Å². The molecule has 0 unspecified atom stereocenters. The molecule has 0 amide bonds. The highest BCUT2D eigenvalue weighted by molar-refractivity contribution is 7.91. The summed E-state index contributed by atoms with van der Waals surface area (Å²) in [5.74, 6) is 0.688. The summed E-state index contributed by atoms with van der Waals surface area (Å²) in [6.07, 6.45) is 2.48. The van der Waals surface area contributed by atoms with Crippen LogP contribution < -0.4 is 10.6 Å². The SMILES string of the molecule is CCN(CC)S(=O)(=O)c1ccc(CCNC(=NC)NCc2ccccn2)s1. The van der Waals surface area contributed by atoms with Gasteiger partial charge in [0, 0.05) is 37.8 Å². The van der Waals surface area contributed by atoms with E-state index in [0.717, 1.165) is 17.0 Å². The molecule has 0 atom stereocenters. The number of aliphatic imine (C=N–C) groups is 1. The van der Waals surface area contributed by atoms with Gasteiger partial charge in [0.25, 0.3) is 10.0 Å². The van der Waals surface area contributed by atoms with Crippen LogP contribution in [0.1, 0.15) is 24.4 Å². The van der Waals surface area contributed by atoms with Gasteiger partial charge in [-0.2, -0.15) is 4.31 Å². The van der Waals surface area contributed by atoms with Crippen LogP contribution in [0.3, 0.4) is 0 Å². The van der Waals surface area contributed by atoms with Crippen LogP contribution in [0, 0.1) is 0 Å². The molecule has 148 valence electrons.